The molecule has 0 fully saturated rings. The van der Waals surface area contributed by atoms with Crippen molar-refractivity contribution in [3.63, 3.8) is 0 Å². The van der Waals surface area contributed by atoms with Gasteiger partial charge in [0.15, 0.2) is 6.10 Å². The lowest BCUT2D eigenvalue weighted by Crippen LogP contribution is -2.49. The van der Waals surface area contributed by atoms with E-state index in [1.807, 2.05) is 0 Å². The number of carbonyl (C=O) groups is 1. The van der Waals surface area contributed by atoms with E-state index < -0.39 is 93.8 Å². The molecule has 0 aliphatic heterocycles. The van der Waals surface area contributed by atoms with E-state index in [1.54, 1.807) is 0 Å². The van der Waals surface area contributed by atoms with Gasteiger partial charge in [0.2, 0.25) is 0 Å². The van der Waals surface area contributed by atoms with Crippen molar-refractivity contribution >= 4 is 5.91 Å². The van der Waals surface area contributed by atoms with Gasteiger partial charge in [0, 0.05) is 13.1 Å². The van der Waals surface area contributed by atoms with Crippen molar-refractivity contribution in [3.8, 4) is 0 Å². The van der Waals surface area contributed by atoms with Crippen molar-refractivity contribution in [2.75, 3.05) is 112 Å². The largest absolute Gasteiger partial charge is 0.394 e. The maximum atomic E-state index is 12.5. The fourth-order valence-electron chi connectivity index (χ4n) is 3.50. The van der Waals surface area contributed by atoms with E-state index >= 15 is 0 Å². The van der Waals surface area contributed by atoms with Crippen LogP contribution < -0.4 is 0 Å². The van der Waals surface area contributed by atoms with Crippen molar-refractivity contribution in [2.24, 2.45) is 0 Å². The average Bonchev–Trinajstić information content (AvgIpc) is 3.03. The van der Waals surface area contributed by atoms with Gasteiger partial charge in [0.05, 0.1) is 111 Å². The minimum absolute atomic E-state index is 0.168. The SMILES string of the molecule is O=C(C(O)CO)N(CC(O)COCC(O)COCC(O)COCC(O)CO)CC(O)COCC(O)COCC(O)COCC(O)CO. The van der Waals surface area contributed by atoms with Gasteiger partial charge in [-0.05, 0) is 0 Å². The average molecular weight is 698 g/mol. The minimum atomic E-state index is -1.82. The first-order chi connectivity index (χ1) is 22.3. The van der Waals surface area contributed by atoms with Crippen LogP contribution in [0.5, 0.6) is 0 Å². The van der Waals surface area contributed by atoms with Crippen LogP contribution in [0.15, 0.2) is 0 Å². The van der Waals surface area contributed by atoms with E-state index in [1.165, 1.54) is 0 Å². The molecule has 20 heteroatoms. The third-order valence-electron chi connectivity index (χ3n) is 5.78. The summed E-state index contributed by atoms with van der Waals surface area (Å²) in [5.41, 5.74) is 0. The number of carbonyl (C=O) groups excluding carboxylic acids is 1. The fourth-order valence-corrected chi connectivity index (χ4v) is 3.50. The number of aliphatic hydroxyl groups is 12. The lowest BCUT2D eigenvalue weighted by atomic mass is 10.2. The minimum Gasteiger partial charge on any atom is -0.394 e. The highest BCUT2D eigenvalue weighted by molar-refractivity contribution is 5.80. The summed E-state index contributed by atoms with van der Waals surface area (Å²) in [5, 5.41) is 115. The van der Waals surface area contributed by atoms with Crippen LogP contribution in [-0.4, -0.2) is 239 Å². The lowest BCUT2D eigenvalue weighted by molar-refractivity contribution is -0.146. The maximum Gasteiger partial charge on any atom is 0.253 e. The van der Waals surface area contributed by atoms with Crippen molar-refractivity contribution in [1.82, 2.24) is 4.90 Å². The Bertz CT molecular complexity index is 694. The maximum absolute atomic E-state index is 12.5. The van der Waals surface area contributed by atoms with Gasteiger partial charge in [-0.25, -0.2) is 0 Å². The van der Waals surface area contributed by atoms with E-state index in [2.05, 4.69) is 0 Å². The van der Waals surface area contributed by atoms with Crippen LogP contribution in [0, 0.1) is 0 Å². The molecule has 0 aromatic heterocycles. The third kappa shape index (κ3) is 25.4. The standard InChI is InChI=1S/C27H55NO19/c29-3-20(34)8-44-12-24(38)16-46-14-22(36)10-42-6-18(32)1-28(27(41)26(40)5-31)2-19(33)7-43-11-23(37)15-47-17-25(39)13-45-9-21(35)4-30/h18-26,29-40H,1-17H2. The summed E-state index contributed by atoms with van der Waals surface area (Å²) in [5.74, 6) is -0.991. The summed E-state index contributed by atoms with van der Waals surface area (Å²) in [4.78, 5) is 13.4. The number of ether oxygens (including phenoxy) is 6. The topological polar surface area (TPSA) is 318 Å². The second-order valence-electron chi connectivity index (χ2n) is 10.8. The van der Waals surface area contributed by atoms with Crippen LogP contribution in [0.3, 0.4) is 0 Å². The van der Waals surface area contributed by atoms with Crippen molar-refractivity contribution in [2.45, 2.75) is 54.9 Å². The zero-order valence-corrected chi connectivity index (χ0v) is 26.4. The summed E-state index contributed by atoms with van der Waals surface area (Å²) >= 11 is 0. The fraction of sp³-hybridized carbons (Fsp3) is 0.963. The molecule has 9 atom stereocenters. The zero-order chi connectivity index (χ0) is 35.6. The number of nitrogens with zero attached hydrogens (tertiary/aromatic N) is 1. The summed E-state index contributed by atoms with van der Waals surface area (Å²) < 4.78 is 30.7. The molecule has 0 aromatic carbocycles. The first-order valence-electron chi connectivity index (χ1n) is 15.0. The Morgan fingerprint density at radius 1 is 0.383 bits per heavy atom. The molecule has 0 spiro atoms. The van der Waals surface area contributed by atoms with Gasteiger partial charge in [0.25, 0.3) is 5.91 Å². The smallest absolute Gasteiger partial charge is 0.253 e. The second-order valence-corrected chi connectivity index (χ2v) is 10.8. The molecule has 0 saturated carbocycles. The Labute approximate surface area is 272 Å². The first-order valence-corrected chi connectivity index (χ1v) is 15.0. The van der Waals surface area contributed by atoms with Gasteiger partial charge in [-0.15, -0.1) is 0 Å². The Balaban J connectivity index is 4.40. The van der Waals surface area contributed by atoms with Gasteiger partial charge in [-0.3, -0.25) is 4.79 Å². The molecule has 0 radical (unpaired) electrons. The van der Waals surface area contributed by atoms with E-state index in [-0.39, 0.29) is 79.3 Å². The highest BCUT2D eigenvalue weighted by Gasteiger charge is 2.26. The van der Waals surface area contributed by atoms with Gasteiger partial charge in [-0.1, -0.05) is 0 Å². The number of rotatable bonds is 32. The molecular formula is C27H55NO19. The Morgan fingerprint density at radius 3 is 0.851 bits per heavy atom. The van der Waals surface area contributed by atoms with Crippen LogP contribution in [0.25, 0.3) is 0 Å². The zero-order valence-electron chi connectivity index (χ0n) is 26.4. The number of hydrogen-bond acceptors (Lipinski definition) is 19. The van der Waals surface area contributed by atoms with E-state index in [0.717, 1.165) is 4.90 Å². The molecule has 0 aromatic rings. The normalized spacial score (nSPS) is 17.8. The van der Waals surface area contributed by atoms with Crippen LogP contribution in [0.4, 0.5) is 0 Å². The lowest BCUT2D eigenvalue weighted by Gasteiger charge is -2.29. The third-order valence-corrected chi connectivity index (χ3v) is 5.78. The van der Waals surface area contributed by atoms with Gasteiger partial charge >= 0.3 is 0 Å². The predicted octanol–water partition coefficient (Wildman–Crippen LogP) is -7.86. The Hall–Kier alpha value is -1.25. The molecule has 20 nitrogen and oxygen atoms in total. The monoisotopic (exact) mass is 697 g/mol. The van der Waals surface area contributed by atoms with Crippen molar-refractivity contribution in [3.05, 3.63) is 0 Å². The molecule has 9 unspecified atom stereocenters. The van der Waals surface area contributed by atoms with Crippen molar-refractivity contribution < 1.29 is 94.5 Å². The Morgan fingerprint density at radius 2 is 0.617 bits per heavy atom. The molecule has 0 aliphatic rings. The van der Waals surface area contributed by atoms with Crippen LogP contribution in [-0.2, 0) is 33.2 Å². The number of aliphatic hydroxyl groups excluding tert-OH is 12. The predicted molar refractivity (Wildman–Crippen MR) is 157 cm³/mol. The Kier molecular flexibility index (Phi) is 27.8. The van der Waals surface area contributed by atoms with Gasteiger partial charge in [0.1, 0.15) is 36.6 Å². The second kappa shape index (κ2) is 28.6. The molecular weight excluding hydrogens is 642 g/mol. The molecule has 12 N–H and O–H groups in total. The molecule has 0 rings (SSSR count). The highest BCUT2D eigenvalue weighted by atomic mass is 16.5. The number of amides is 1. The molecule has 47 heavy (non-hydrogen) atoms. The first kappa shape index (κ1) is 45.8. The van der Waals surface area contributed by atoms with E-state index in [0.29, 0.717) is 0 Å². The molecule has 282 valence electrons. The molecule has 0 aliphatic carbocycles. The van der Waals surface area contributed by atoms with Crippen LogP contribution in [0.1, 0.15) is 0 Å². The summed E-state index contributed by atoms with van der Waals surface area (Å²) in [7, 11) is 0. The summed E-state index contributed by atoms with van der Waals surface area (Å²) in [6.45, 7) is -5.61. The molecule has 0 saturated heterocycles. The van der Waals surface area contributed by atoms with Crippen LogP contribution >= 0.6 is 0 Å². The van der Waals surface area contributed by atoms with Gasteiger partial charge in [-0.2, -0.15) is 0 Å². The van der Waals surface area contributed by atoms with Crippen molar-refractivity contribution in [1.29, 1.82) is 0 Å². The van der Waals surface area contributed by atoms with E-state index in [4.69, 9.17) is 54.0 Å². The van der Waals surface area contributed by atoms with Gasteiger partial charge < -0.3 is 94.6 Å². The quantitative estimate of drug-likeness (QED) is 0.0310. The molecule has 0 heterocycles. The van der Waals surface area contributed by atoms with E-state index in [9.17, 15) is 40.5 Å². The summed E-state index contributed by atoms with van der Waals surface area (Å²) in [6, 6.07) is 0. The highest BCUT2D eigenvalue weighted by Crippen LogP contribution is 2.04. The van der Waals surface area contributed by atoms with Crippen LogP contribution in [0.2, 0.25) is 0 Å². The molecule has 1 amide bonds. The number of hydrogen-bond donors (Lipinski definition) is 12. The summed E-state index contributed by atoms with van der Waals surface area (Å²) in [6.07, 6.45) is -11.0. The molecule has 0 bridgehead atoms.